The molecule has 1 aliphatic rings. The Hall–Kier alpha value is -2.75. The Kier molecular flexibility index (Phi) is 3.73. The van der Waals surface area contributed by atoms with Crippen molar-refractivity contribution in [2.24, 2.45) is 0 Å². The number of hydrogen-bond donors (Lipinski definition) is 0. The second-order valence-electron chi connectivity index (χ2n) is 5.99. The molecule has 24 heavy (non-hydrogen) atoms. The van der Waals surface area contributed by atoms with Gasteiger partial charge in [-0.05, 0) is 55.7 Å². The van der Waals surface area contributed by atoms with Gasteiger partial charge in [0, 0.05) is 17.4 Å². The Morgan fingerprint density at radius 1 is 1.04 bits per heavy atom. The SMILES string of the molecule is COc1cccc(C(=O)Oc2ccc3oc4c(c3c2)CCCC4)c1. The van der Waals surface area contributed by atoms with Crippen molar-refractivity contribution in [1.82, 2.24) is 0 Å². The van der Waals surface area contributed by atoms with Crippen LogP contribution in [0.5, 0.6) is 11.5 Å². The van der Waals surface area contributed by atoms with Crippen LogP contribution in [0.1, 0.15) is 34.5 Å². The van der Waals surface area contributed by atoms with E-state index in [1.165, 1.54) is 18.4 Å². The summed E-state index contributed by atoms with van der Waals surface area (Å²) in [5, 5.41) is 1.06. The first-order valence-corrected chi connectivity index (χ1v) is 8.15. The number of esters is 1. The van der Waals surface area contributed by atoms with Gasteiger partial charge in [0.15, 0.2) is 0 Å². The number of benzene rings is 2. The third-order valence-corrected chi connectivity index (χ3v) is 4.44. The Morgan fingerprint density at radius 2 is 1.92 bits per heavy atom. The van der Waals surface area contributed by atoms with E-state index in [2.05, 4.69) is 0 Å². The van der Waals surface area contributed by atoms with Gasteiger partial charge < -0.3 is 13.9 Å². The van der Waals surface area contributed by atoms with E-state index in [1.807, 2.05) is 12.1 Å². The fourth-order valence-corrected chi connectivity index (χ4v) is 3.22. The molecule has 0 saturated heterocycles. The maximum absolute atomic E-state index is 12.3. The number of furan rings is 1. The van der Waals surface area contributed by atoms with Gasteiger partial charge in [-0.15, -0.1) is 0 Å². The summed E-state index contributed by atoms with van der Waals surface area (Å²) in [6.45, 7) is 0. The van der Waals surface area contributed by atoms with Crippen molar-refractivity contribution < 1.29 is 18.7 Å². The molecule has 0 fully saturated rings. The number of rotatable bonds is 3. The first-order valence-electron chi connectivity index (χ1n) is 8.15. The summed E-state index contributed by atoms with van der Waals surface area (Å²) in [6.07, 6.45) is 4.36. The van der Waals surface area contributed by atoms with Crippen LogP contribution in [0.3, 0.4) is 0 Å². The summed E-state index contributed by atoms with van der Waals surface area (Å²) in [4.78, 5) is 12.3. The minimum atomic E-state index is -0.398. The summed E-state index contributed by atoms with van der Waals surface area (Å²) < 4.78 is 16.6. The molecule has 0 aliphatic heterocycles. The molecule has 2 aromatic carbocycles. The molecule has 1 aromatic heterocycles. The number of ether oxygens (including phenoxy) is 2. The molecule has 4 nitrogen and oxygen atoms in total. The summed E-state index contributed by atoms with van der Waals surface area (Å²) in [6, 6.07) is 12.5. The number of aryl methyl sites for hydroxylation is 2. The standard InChI is InChI=1S/C20H18O4/c1-22-14-6-4-5-13(11-14)20(21)23-15-9-10-19-17(12-15)16-7-2-3-8-18(16)24-19/h4-6,9-12H,2-3,7-8H2,1H3. The zero-order valence-corrected chi connectivity index (χ0v) is 13.5. The molecule has 1 aliphatic carbocycles. The van der Waals surface area contributed by atoms with Gasteiger partial charge in [0.05, 0.1) is 12.7 Å². The molecule has 0 unspecified atom stereocenters. The van der Waals surface area contributed by atoms with Crippen LogP contribution in [0.4, 0.5) is 0 Å². The molecule has 0 atom stereocenters. The fraction of sp³-hybridized carbons (Fsp3) is 0.250. The van der Waals surface area contributed by atoms with Crippen molar-refractivity contribution in [3.8, 4) is 11.5 Å². The topological polar surface area (TPSA) is 48.7 Å². The summed E-state index contributed by atoms with van der Waals surface area (Å²) in [5.74, 6) is 1.84. The predicted molar refractivity (Wildman–Crippen MR) is 90.8 cm³/mol. The van der Waals surface area contributed by atoms with Crippen molar-refractivity contribution in [1.29, 1.82) is 0 Å². The summed E-state index contributed by atoms with van der Waals surface area (Å²) in [5.41, 5.74) is 2.59. The molecule has 4 rings (SSSR count). The minimum Gasteiger partial charge on any atom is -0.497 e. The largest absolute Gasteiger partial charge is 0.497 e. The van der Waals surface area contributed by atoms with Crippen molar-refractivity contribution in [2.45, 2.75) is 25.7 Å². The second-order valence-corrected chi connectivity index (χ2v) is 5.99. The highest BCUT2D eigenvalue weighted by Crippen LogP contribution is 2.34. The lowest BCUT2D eigenvalue weighted by Crippen LogP contribution is -2.08. The van der Waals surface area contributed by atoms with Crippen LogP contribution in [-0.4, -0.2) is 13.1 Å². The van der Waals surface area contributed by atoms with E-state index in [9.17, 15) is 4.79 Å². The van der Waals surface area contributed by atoms with Crippen LogP contribution in [0.2, 0.25) is 0 Å². The lowest BCUT2D eigenvalue weighted by molar-refractivity contribution is 0.0734. The maximum Gasteiger partial charge on any atom is 0.343 e. The summed E-state index contributed by atoms with van der Waals surface area (Å²) >= 11 is 0. The van der Waals surface area contributed by atoms with E-state index < -0.39 is 5.97 Å². The van der Waals surface area contributed by atoms with Crippen LogP contribution in [0, 0.1) is 0 Å². The third-order valence-electron chi connectivity index (χ3n) is 4.44. The molecule has 0 saturated carbocycles. The lowest BCUT2D eigenvalue weighted by atomic mass is 9.96. The number of fused-ring (bicyclic) bond motifs is 3. The molecule has 4 heteroatoms. The van der Waals surface area contributed by atoms with E-state index in [0.717, 1.165) is 29.6 Å². The Bertz CT molecular complexity index is 907. The normalized spacial score (nSPS) is 13.5. The molecular weight excluding hydrogens is 304 g/mol. The summed E-state index contributed by atoms with van der Waals surface area (Å²) in [7, 11) is 1.57. The lowest BCUT2D eigenvalue weighted by Gasteiger charge is -2.09. The zero-order valence-electron chi connectivity index (χ0n) is 13.5. The fourth-order valence-electron chi connectivity index (χ4n) is 3.22. The minimum absolute atomic E-state index is 0.398. The molecule has 0 N–H and O–H groups in total. The molecular formula is C20H18O4. The second kappa shape index (κ2) is 6.04. The van der Waals surface area contributed by atoms with E-state index in [1.54, 1.807) is 37.4 Å². The van der Waals surface area contributed by atoms with E-state index >= 15 is 0 Å². The van der Waals surface area contributed by atoms with Gasteiger partial charge in [0.25, 0.3) is 0 Å². The van der Waals surface area contributed by atoms with Crippen LogP contribution in [0.15, 0.2) is 46.9 Å². The maximum atomic E-state index is 12.3. The monoisotopic (exact) mass is 322 g/mol. The predicted octanol–water partition coefficient (Wildman–Crippen LogP) is 4.54. The molecule has 3 aromatic rings. The van der Waals surface area contributed by atoms with Gasteiger partial charge in [-0.2, -0.15) is 0 Å². The van der Waals surface area contributed by atoms with Crippen molar-refractivity contribution in [2.75, 3.05) is 7.11 Å². The van der Waals surface area contributed by atoms with Gasteiger partial charge in [-0.3, -0.25) is 0 Å². The Labute approximate surface area is 140 Å². The average molecular weight is 322 g/mol. The first kappa shape index (κ1) is 14.8. The Balaban J connectivity index is 1.63. The number of carbonyl (C=O) groups is 1. The number of hydrogen-bond acceptors (Lipinski definition) is 4. The van der Waals surface area contributed by atoms with Crippen molar-refractivity contribution in [3.63, 3.8) is 0 Å². The van der Waals surface area contributed by atoms with Crippen LogP contribution in [0.25, 0.3) is 11.0 Å². The molecule has 122 valence electrons. The third kappa shape index (κ3) is 2.64. The van der Waals surface area contributed by atoms with Crippen LogP contribution in [-0.2, 0) is 12.8 Å². The highest BCUT2D eigenvalue weighted by atomic mass is 16.5. The van der Waals surface area contributed by atoms with E-state index in [-0.39, 0.29) is 0 Å². The molecule has 1 heterocycles. The van der Waals surface area contributed by atoms with Gasteiger partial charge in [0.2, 0.25) is 0 Å². The van der Waals surface area contributed by atoms with Gasteiger partial charge in [-0.25, -0.2) is 4.79 Å². The van der Waals surface area contributed by atoms with Gasteiger partial charge >= 0.3 is 5.97 Å². The van der Waals surface area contributed by atoms with E-state index in [4.69, 9.17) is 13.9 Å². The van der Waals surface area contributed by atoms with Gasteiger partial charge in [-0.1, -0.05) is 6.07 Å². The first-order chi connectivity index (χ1) is 11.7. The molecule has 0 bridgehead atoms. The van der Waals surface area contributed by atoms with Crippen LogP contribution < -0.4 is 9.47 Å². The van der Waals surface area contributed by atoms with Gasteiger partial charge in [0.1, 0.15) is 22.8 Å². The quantitative estimate of drug-likeness (QED) is 0.525. The number of carbonyl (C=O) groups excluding carboxylic acids is 1. The Morgan fingerprint density at radius 3 is 2.79 bits per heavy atom. The van der Waals surface area contributed by atoms with E-state index in [0.29, 0.717) is 17.1 Å². The zero-order chi connectivity index (χ0) is 16.5. The molecule has 0 radical (unpaired) electrons. The van der Waals surface area contributed by atoms with Crippen molar-refractivity contribution in [3.05, 3.63) is 59.4 Å². The highest BCUT2D eigenvalue weighted by molar-refractivity contribution is 5.92. The molecule has 0 amide bonds. The molecule has 0 spiro atoms. The van der Waals surface area contributed by atoms with Crippen molar-refractivity contribution >= 4 is 16.9 Å². The van der Waals surface area contributed by atoms with Crippen LogP contribution >= 0.6 is 0 Å². The highest BCUT2D eigenvalue weighted by Gasteiger charge is 2.18. The number of methoxy groups -OCH3 is 1. The smallest absolute Gasteiger partial charge is 0.343 e. The average Bonchev–Trinajstić information content (AvgIpc) is 3.00.